The molecule has 2 saturated heterocycles. The summed E-state index contributed by atoms with van der Waals surface area (Å²) in [4.78, 5) is 27.9. The molecule has 0 saturated carbocycles. The van der Waals surface area contributed by atoms with Crippen LogP contribution in [0.25, 0.3) is 5.76 Å². The molecule has 40 heavy (non-hydrogen) atoms. The Bertz CT molecular complexity index is 1360. The fraction of sp³-hybridized carbons (Fsp3) is 0.448. The van der Waals surface area contributed by atoms with Crippen LogP contribution in [0.4, 0.5) is 0 Å². The summed E-state index contributed by atoms with van der Waals surface area (Å²) in [5, 5.41) is 21.6. The number of aliphatic hydroxyl groups excluding tert-OH is 1. The summed E-state index contributed by atoms with van der Waals surface area (Å²) >= 11 is 0. The first-order valence-electron chi connectivity index (χ1n) is 13.5. The van der Waals surface area contributed by atoms with E-state index in [4.69, 9.17) is 9.47 Å². The Labute approximate surface area is 234 Å². The molecule has 2 aliphatic heterocycles. The van der Waals surface area contributed by atoms with Crippen LogP contribution >= 0.6 is 0 Å². The maximum absolute atomic E-state index is 13.3. The number of nitrogens with zero attached hydrogens (tertiary/aromatic N) is 2. The quantitative estimate of drug-likeness (QED) is 0.190. The summed E-state index contributed by atoms with van der Waals surface area (Å²) in [5.74, 6) is -1.95. The molecule has 2 heterocycles. The van der Waals surface area contributed by atoms with Gasteiger partial charge in [-0.05, 0) is 68.1 Å². The Morgan fingerprint density at radius 3 is 2.33 bits per heavy atom. The van der Waals surface area contributed by atoms with E-state index in [0.717, 1.165) is 25.7 Å². The van der Waals surface area contributed by atoms with E-state index in [1.165, 1.54) is 46.6 Å². The molecule has 2 fully saturated rings. The lowest BCUT2D eigenvalue weighted by molar-refractivity contribution is -0.140. The number of carbonyl (C=O) groups is 2. The average Bonchev–Trinajstić information content (AvgIpc) is 3.13. The van der Waals surface area contributed by atoms with Gasteiger partial charge in [-0.25, -0.2) is 8.42 Å². The molecule has 10 nitrogen and oxygen atoms in total. The maximum Gasteiger partial charge on any atom is 0.295 e. The van der Waals surface area contributed by atoms with Crippen LogP contribution in [0.2, 0.25) is 0 Å². The summed E-state index contributed by atoms with van der Waals surface area (Å²) in [5.41, 5.74) is 0.553. The Morgan fingerprint density at radius 1 is 1.02 bits per heavy atom. The number of aliphatic hydroxyl groups is 1. The second-order valence-corrected chi connectivity index (χ2v) is 11.8. The third-order valence-electron chi connectivity index (χ3n) is 7.22. The first-order valence-corrected chi connectivity index (χ1v) is 15.0. The number of phenols is 1. The Morgan fingerprint density at radius 2 is 1.70 bits per heavy atom. The van der Waals surface area contributed by atoms with E-state index in [2.05, 4.69) is 0 Å². The predicted molar refractivity (Wildman–Crippen MR) is 148 cm³/mol. The summed E-state index contributed by atoms with van der Waals surface area (Å²) in [7, 11) is -2.16. The number of sulfonamides is 1. The van der Waals surface area contributed by atoms with E-state index in [-0.39, 0.29) is 40.7 Å². The second-order valence-electron chi connectivity index (χ2n) is 9.84. The molecule has 4 rings (SSSR count). The maximum atomic E-state index is 13.3. The molecule has 1 atom stereocenters. The Kier molecular flexibility index (Phi) is 9.49. The molecule has 0 radical (unpaired) electrons. The molecule has 11 heteroatoms. The zero-order valence-corrected chi connectivity index (χ0v) is 23.7. The van der Waals surface area contributed by atoms with E-state index in [9.17, 15) is 28.2 Å². The monoisotopic (exact) mass is 572 g/mol. The highest BCUT2D eigenvalue weighted by atomic mass is 32.2. The molecule has 0 bridgehead atoms. The number of likely N-dealkylation sites (tertiary alicyclic amines) is 1. The fourth-order valence-corrected chi connectivity index (χ4v) is 6.70. The van der Waals surface area contributed by atoms with Crippen molar-refractivity contribution in [2.45, 2.75) is 50.0 Å². The predicted octanol–water partition coefficient (Wildman–Crippen LogP) is 3.81. The summed E-state index contributed by atoms with van der Waals surface area (Å²) in [6.07, 6.45) is 4.07. The number of hydrogen-bond donors (Lipinski definition) is 2. The van der Waals surface area contributed by atoms with Crippen LogP contribution in [0, 0.1) is 0 Å². The van der Waals surface area contributed by atoms with Crippen LogP contribution < -0.4 is 4.74 Å². The zero-order chi connectivity index (χ0) is 28.9. The van der Waals surface area contributed by atoms with Crippen molar-refractivity contribution in [3.8, 4) is 11.5 Å². The summed E-state index contributed by atoms with van der Waals surface area (Å²) in [6, 6.07) is 9.29. The van der Waals surface area contributed by atoms with Crippen molar-refractivity contribution < 1.29 is 37.7 Å². The molecule has 2 aliphatic rings. The van der Waals surface area contributed by atoms with Gasteiger partial charge in [0.25, 0.3) is 11.7 Å². The van der Waals surface area contributed by atoms with Crippen LogP contribution in [0.5, 0.6) is 11.5 Å². The van der Waals surface area contributed by atoms with Crippen molar-refractivity contribution in [1.29, 1.82) is 0 Å². The molecule has 0 spiro atoms. The van der Waals surface area contributed by atoms with E-state index in [0.29, 0.717) is 31.7 Å². The molecular formula is C29H36N2O8S. The topological polar surface area (TPSA) is 134 Å². The first kappa shape index (κ1) is 29.6. The number of ketones is 1. The van der Waals surface area contributed by atoms with Crippen molar-refractivity contribution >= 4 is 27.5 Å². The second kappa shape index (κ2) is 12.8. The number of benzene rings is 2. The molecule has 216 valence electrons. The molecule has 2 N–H and O–H groups in total. The van der Waals surface area contributed by atoms with Gasteiger partial charge < -0.3 is 24.6 Å². The van der Waals surface area contributed by atoms with E-state index in [1.54, 1.807) is 19.1 Å². The highest BCUT2D eigenvalue weighted by Crippen LogP contribution is 2.42. The number of aromatic hydroxyl groups is 1. The van der Waals surface area contributed by atoms with Crippen LogP contribution in [-0.2, 0) is 24.3 Å². The first-order chi connectivity index (χ1) is 19.2. The third-order valence-corrected chi connectivity index (χ3v) is 9.13. The number of carbonyl (C=O) groups excluding carboxylic acids is 2. The van der Waals surface area contributed by atoms with Gasteiger partial charge in [0.2, 0.25) is 10.0 Å². The van der Waals surface area contributed by atoms with Crippen molar-refractivity contribution in [2.24, 2.45) is 0 Å². The van der Waals surface area contributed by atoms with Gasteiger partial charge >= 0.3 is 0 Å². The molecule has 0 unspecified atom stereocenters. The SMILES string of the molecule is CCOc1cc([C@@H]2C(=C(O)c3ccc(S(=O)(=O)N4CCCCCC4)cc3)C(=O)C(=O)N2CCCOC)ccc1O. The summed E-state index contributed by atoms with van der Waals surface area (Å²) < 4.78 is 38.5. The highest BCUT2D eigenvalue weighted by Gasteiger charge is 2.46. The van der Waals surface area contributed by atoms with E-state index >= 15 is 0 Å². The molecule has 2 aromatic carbocycles. The lowest BCUT2D eigenvalue weighted by Crippen LogP contribution is -2.31. The van der Waals surface area contributed by atoms with Gasteiger partial charge in [0.05, 0.1) is 23.1 Å². The summed E-state index contributed by atoms with van der Waals surface area (Å²) in [6.45, 7) is 3.54. The van der Waals surface area contributed by atoms with Crippen LogP contribution in [0.1, 0.15) is 56.2 Å². The molecule has 0 aliphatic carbocycles. The van der Waals surface area contributed by atoms with Crippen LogP contribution in [0.3, 0.4) is 0 Å². The van der Waals surface area contributed by atoms with Crippen molar-refractivity contribution in [3.63, 3.8) is 0 Å². The van der Waals surface area contributed by atoms with Crippen molar-refractivity contribution in [2.75, 3.05) is 40.0 Å². The Hall–Kier alpha value is -3.41. The normalized spacial score (nSPS) is 20.1. The van der Waals surface area contributed by atoms with E-state index in [1.807, 2.05) is 0 Å². The smallest absolute Gasteiger partial charge is 0.295 e. The number of hydrogen-bond acceptors (Lipinski definition) is 8. The average molecular weight is 573 g/mol. The molecule has 2 aromatic rings. The van der Waals surface area contributed by atoms with Gasteiger partial charge in [-0.2, -0.15) is 4.31 Å². The van der Waals surface area contributed by atoms with Gasteiger partial charge in [-0.15, -0.1) is 0 Å². The number of methoxy groups -OCH3 is 1. The largest absolute Gasteiger partial charge is 0.507 e. The zero-order valence-electron chi connectivity index (χ0n) is 22.8. The minimum absolute atomic E-state index is 0.0943. The number of ether oxygens (including phenoxy) is 2. The highest BCUT2D eigenvalue weighted by molar-refractivity contribution is 7.89. The van der Waals surface area contributed by atoms with E-state index < -0.39 is 33.5 Å². The number of amides is 1. The number of Topliss-reactive ketones (excluding diaryl/α,β-unsaturated/α-hetero) is 1. The van der Waals surface area contributed by atoms with Gasteiger partial charge in [0.15, 0.2) is 11.5 Å². The molecule has 1 amide bonds. The van der Waals surface area contributed by atoms with Crippen LogP contribution in [0.15, 0.2) is 52.9 Å². The Balaban J connectivity index is 1.74. The molecular weight excluding hydrogens is 536 g/mol. The van der Waals surface area contributed by atoms with Gasteiger partial charge in [0.1, 0.15) is 5.76 Å². The number of phenolic OH excluding ortho intramolecular Hbond substituents is 1. The van der Waals surface area contributed by atoms with Gasteiger partial charge in [-0.1, -0.05) is 18.9 Å². The van der Waals surface area contributed by atoms with Crippen molar-refractivity contribution in [1.82, 2.24) is 9.21 Å². The van der Waals surface area contributed by atoms with Gasteiger partial charge in [-0.3, -0.25) is 9.59 Å². The van der Waals surface area contributed by atoms with Crippen LogP contribution in [-0.4, -0.2) is 79.5 Å². The lowest BCUT2D eigenvalue weighted by atomic mass is 9.95. The molecule has 0 aromatic heterocycles. The third kappa shape index (κ3) is 6.01. The minimum Gasteiger partial charge on any atom is -0.507 e. The number of rotatable bonds is 10. The fourth-order valence-electron chi connectivity index (χ4n) is 5.18. The van der Waals surface area contributed by atoms with Gasteiger partial charge in [0, 0.05) is 38.9 Å². The minimum atomic E-state index is -3.70. The standard InChI is InChI=1S/C29H36N2O8S/c1-3-39-24-19-21(11-14-23(24)32)26-25(28(34)29(35)31(26)17-8-18-38-2)27(33)20-9-12-22(13-10-20)40(36,37)30-15-6-4-5-7-16-30/h9-14,19,26,32-33H,3-8,15-18H2,1-2H3/t26-/m1/s1. The van der Waals surface area contributed by atoms with Crippen molar-refractivity contribution in [3.05, 3.63) is 59.2 Å². The lowest BCUT2D eigenvalue weighted by Gasteiger charge is -2.26.